The minimum Gasteiger partial charge on any atom is -0.298 e. The van der Waals surface area contributed by atoms with Crippen molar-refractivity contribution in [2.24, 2.45) is 0 Å². The maximum Gasteiger partial charge on any atom is 0.264 e. The zero-order valence-corrected chi connectivity index (χ0v) is 21.4. The van der Waals surface area contributed by atoms with Gasteiger partial charge in [-0.2, -0.15) is 0 Å². The van der Waals surface area contributed by atoms with Crippen LogP contribution in [0.15, 0.2) is 83.1 Å². The molecule has 1 aliphatic heterocycles. The van der Waals surface area contributed by atoms with Gasteiger partial charge in [0.2, 0.25) is 0 Å². The Morgan fingerprint density at radius 1 is 0.944 bits per heavy atom. The number of carbonyl (C=O) groups excluding carboxylic acids is 1. The predicted octanol–water partition coefficient (Wildman–Crippen LogP) is 5.81. The van der Waals surface area contributed by atoms with Gasteiger partial charge >= 0.3 is 0 Å². The van der Waals surface area contributed by atoms with Crippen molar-refractivity contribution in [3.63, 3.8) is 0 Å². The van der Waals surface area contributed by atoms with Crippen LogP contribution in [0, 0.1) is 0 Å². The van der Waals surface area contributed by atoms with Gasteiger partial charge in [-0.05, 0) is 60.9 Å². The molecule has 5 aromatic rings. The lowest BCUT2D eigenvalue weighted by Gasteiger charge is -2.30. The van der Waals surface area contributed by atoms with Crippen LogP contribution in [0.4, 0.5) is 10.8 Å². The van der Waals surface area contributed by atoms with E-state index in [4.69, 9.17) is 0 Å². The first-order valence-electron chi connectivity index (χ1n) is 11.3. The van der Waals surface area contributed by atoms with Crippen LogP contribution in [0.1, 0.15) is 22.3 Å². The van der Waals surface area contributed by atoms with Gasteiger partial charge in [0, 0.05) is 17.5 Å². The molecule has 0 radical (unpaired) electrons. The summed E-state index contributed by atoms with van der Waals surface area (Å²) < 4.78 is 29.2. The molecule has 6 rings (SSSR count). The van der Waals surface area contributed by atoms with Crippen molar-refractivity contribution in [1.82, 2.24) is 9.97 Å². The highest BCUT2D eigenvalue weighted by Gasteiger charge is 2.29. The predicted molar refractivity (Wildman–Crippen MR) is 144 cm³/mol. The van der Waals surface area contributed by atoms with Crippen molar-refractivity contribution in [3.8, 4) is 10.7 Å². The summed E-state index contributed by atoms with van der Waals surface area (Å²) in [6.07, 6.45) is 1.63. The first kappa shape index (κ1) is 22.8. The lowest BCUT2D eigenvalue weighted by Crippen LogP contribution is -2.35. The molecule has 0 unspecified atom stereocenters. The van der Waals surface area contributed by atoms with Crippen molar-refractivity contribution in [2.75, 3.05) is 16.2 Å². The monoisotopic (exact) mass is 532 g/mol. The second kappa shape index (κ2) is 9.12. The summed E-state index contributed by atoms with van der Waals surface area (Å²) in [5.41, 5.74) is 3.72. The molecule has 3 aromatic carbocycles. The molecule has 10 heteroatoms. The molecule has 0 atom stereocenters. The van der Waals surface area contributed by atoms with Gasteiger partial charge in [0.15, 0.2) is 5.13 Å². The standard InChI is InChI=1S/C26H20N4O3S3/c31-24(29-26-28-21(16-34-26)25-27-20-8-2-4-10-23(20)35-25)18-11-13-19(14-12-18)36(32,33)30-15-5-7-17-6-1-3-9-22(17)30/h1-4,6,8-14,16H,5,7,15H2,(H,28,29,31). The number of para-hydroxylation sites is 2. The summed E-state index contributed by atoms with van der Waals surface area (Å²) in [5, 5.41) is 5.91. The van der Waals surface area contributed by atoms with Crippen LogP contribution in [-0.4, -0.2) is 30.8 Å². The smallest absolute Gasteiger partial charge is 0.264 e. The fourth-order valence-corrected chi connectivity index (χ4v) is 7.47. The van der Waals surface area contributed by atoms with E-state index in [0.717, 1.165) is 39.3 Å². The number of aryl methyl sites for hydroxylation is 1. The van der Waals surface area contributed by atoms with Crippen LogP contribution < -0.4 is 9.62 Å². The third-order valence-electron chi connectivity index (χ3n) is 6.01. The number of amides is 1. The number of thiazole rings is 2. The normalized spacial score (nSPS) is 13.5. The number of hydrogen-bond donors (Lipinski definition) is 1. The Morgan fingerprint density at radius 2 is 1.72 bits per heavy atom. The number of benzene rings is 3. The SMILES string of the molecule is O=C(Nc1nc(-c2nc3ccccc3s2)cs1)c1ccc(S(=O)(=O)N2CCCc3ccccc32)cc1. The van der Waals surface area contributed by atoms with E-state index in [-0.39, 0.29) is 10.8 Å². The molecule has 1 N–H and O–H groups in total. The van der Waals surface area contributed by atoms with Gasteiger partial charge in [0.25, 0.3) is 15.9 Å². The first-order chi connectivity index (χ1) is 17.5. The van der Waals surface area contributed by atoms with Crippen LogP contribution in [-0.2, 0) is 16.4 Å². The molecule has 0 spiro atoms. The highest BCUT2D eigenvalue weighted by molar-refractivity contribution is 7.92. The van der Waals surface area contributed by atoms with E-state index in [1.54, 1.807) is 11.3 Å². The number of hydrogen-bond acceptors (Lipinski definition) is 7. The third-order valence-corrected chi connectivity index (χ3v) is 9.65. The van der Waals surface area contributed by atoms with Gasteiger partial charge in [-0.1, -0.05) is 30.3 Å². The van der Waals surface area contributed by atoms with E-state index in [9.17, 15) is 13.2 Å². The van der Waals surface area contributed by atoms with Crippen LogP contribution in [0.2, 0.25) is 0 Å². The van der Waals surface area contributed by atoms with Crippen molar-refractivity contribution in [1.29, 1.82) is 0 Å². The maximum absolute atomic E-state index is 13.3. The molecule has 2 aromatic heterocycles. The Morgan fingerprint density at radius 3 is 2.56 bits per heavy atom. The zero-order chi connectivity index (χ0) is 24.7. The number of aromatic nitrogens is 2. The lowest BCUT2D eigenvalue weighted by atomic mass is 10.0. The van der Waals surface area contributed by atoms with Gasteiger partial charge < -0.3 is 0 Å². The first-order valence-corrected chi connectivity index (χ1v) is 14.5. The van der Waals surface area contributed by atoms with E-state index in [0.29, 0.717) is 22.9 Å². The average molecular weight is 533 g/mol. The van der Waals surface area contributed by atoms with Crippen LogP contribution >= 0.6 is 22.7 Å². The summed E-state index contributed by atoms with van der Waals surface area (Å²) in [6, 6.07) is 21.5. The molecule has 3 heterocycles. The van der Waals surface area contributed by atoms with Crippen molar-refractivity contribution >= 4 is 59.6 Å². The van der Waals surface area contributed by atoms with E-state index >= 15 is 0 Å². The molecule has 7 nitrogen and oxygen atoms in total. The highest BCUT2D eigenvalue weighted by Crippen LogP contribution is 2.33. The van der Waals surface area contributed by atoms with Gasteiger partial charge in [0.1, 0.15) is 10.7 Å². The largest absolute Gasteiger partial charge is 0.298 e. The number of rotatable bonds is 5. The molecule has 0 saturated carbocycles. The van der Waals surface area contributed by atoms with Crippen molar-refractivity contribution in [2.45, 2.75) is 17.7 Å². The molecule has 0 fully saturated rings. The molecular formula is C26H20N4O3S3. The number of nitrogens with one attached hydrogen (secondary N) is 1. The topological polar surface area (TPSA) is 92.3 Å². The summed E-state index contributed by atoms with van der Waals surface area (Å²) in [5.74, 6) is -0.354. The quantitative estimate of drug-likeness (QED) is 0.308. The molecule has 180 valence electrons. The highest BCUT2D eigenvalue weighted by atomic mass is 32.2. The Hall–Kier alpha value is -3.60. The Labute approximate surface area is 216 Å². The third kappa shape index (κ3) is 4.17. The number of anilines is 2. The molecular weight excluding hydrogens is 513 g/mol. The van der Waals surface area contributed by atoms with Gasteiger partial charge in [-0.25, -0.2) is 18.4 Å². The maximum atomic E-state index is 13.3. The second-order valence-corrected chi connectivity index (χ2v) is 12.1. The zero-order valence-electron chi connectivity index (χ0n) is 18.9. The van der Waals surface area contributed by atoms with E-state index < -0.39 is 10.0 Å². The minimum absolute atomic E-state index is 0.156. The summed E-state index contributed by atoms with van der Waals surface area (Å²) in [7, 11) is -3.73. The average Bonchev–Trinajstić information content (AvgIpc) is 3.55. The summed E-state index contributed by atoms with van der Waals surface area (Å²) in [4.78, 5) is 22.1. The number of carbonyl (C=O) groups is 1. The minimum atomic E-state index is -3.73. The van der Waals surface area contributed by atoms with Crippen molar-refractivity contribution < 1.29 is 13.2 Å². The molecule has 0 aliphatic carbocycles. The van der Waals surface area contributed by atoms with Crippen molar-refractivity contribution in [3.05, 3.63) is 89.3 Å². The van der Waals surface area contributed by atoms with Crippen LogP contribution in [0.25, 0.3) is 20.9 Å². The molecule has 0 bridgehead atoms. The summed E-state index contributed by atoms with van der Waals surface area (Å²) in [6.45, 7) is 0.433. The summed E-state index contributed by atoms with van der Waals surface area (Å²) >= 11 is 2.87. The lowest BCUT2D eigenvalue weighted by molar-refractivity contribution is 0.102. The second-order valence-electron chi connectivity index (χ2n) is 8.31. The molecule has 36 heavy (non-hydrogen) atoms. The van der Waals surface area contributed by atoms with Crippen LogP contribution in [0.3, 0.4) is 0 Å². The fraction of sp³-hybridized carbons (Fsp3) is 0.115. The van der Waals surface area contributed by atoms with E-state index in [1.807, 2.05) is 53.9 Å². The Bertz CT molecular complexity index is 1660. The fourth-order valence-electron chi connectivity index (χ4n) is 4.23. The van der Waals surface area contributed by atoms with Gasteiger partial charge in [-0.15, -0.1) is 22.7 Å². The number of sulfonamides is 1. The Balaban J connectivity index is 1.19. The van der Waals surface area contributed by atoms with E-state index in [1.165, 1.54) is 39.9 Å². The number of nitrogens with zero attached hydrogens (tertiary/aromatic N) is 3. The Kier molecular flexibility index (Phi) is 5.79. The number of fused-ring (bicyclic) bond motifs is 2. The molecule has 1 amide bonds. The van der Waals surface area contributed by atoms with Crippen LogP contribution in [0.5, 0.6) is 0 Å². The van der Waals surface area contributed by atoms with E-state index in [2.05, 4.69) is 15.3 Å². The van der Waals surface area contributed by atoms with Gasteiger partial charge in [0.05, 0.1) is 20.8 Å². The van der Waals surface area contributed by atoms with Gasteiger partial charge in [-0.3, -0.25) is 14.4 Å². The molecule has 0 saturated heterocycles. The molecule has 1 aliphatic rings.